The summed E-state index contributed by atoms with van der Waals surface area (Å²) in [6.07, 6.45) is 0. The highest BCUT2D eigenvalue weighted by atomic mass is 35.9. The molecule has 0 aromatic heterocycles. The smallest absolute Gasteiger partial charge is 0.181 e. The Morgan fingerprint density at radius 2 is 1.29 bits per heavy atom. The lowest BCUT2D eigenvalue weighted by atomic mass is 10.9. The van der Waals surface area contributed by atoms with Crippen molar-refractivity contribution in [1.82, 2.24) is 0 Å². The molecule has 0 N–H and O–H groups in total. The molecule has 0 amide bonds. The molecule has 1 radical (unpaired) electrons. The van der Waals surface area contributed by atoms with Crippen molar-refractivity contribution in [3.05, 3.63) is 0 Å². The maximum Gasteiger partial charge on any atom is 0.181 e. The summed E-state index contributed by atoms with van der Waals surface area (Å²) >= 11 is 9.47. The largest absolute Gasteiger partial charge is 0.181 e. The quantitative estimate of drug-likeness (QED) is 0.502. The number of hydrogen-bond acceptors (Lipinski definition) is 2. The summed E-state index contributed by atoms with van der Waals surface area (Å²) in [6, 6.07) is 2.47. The van der Waals surface area contributed by atoms with Crippen LogP contribution in [0, 0.1) is 22.7 Å². The van der Waals surface area contributed by atoms with Crippen molar-refractivity contribution in [2.24, 2.45) is 0 Å². The van der Waals surface area contributed by atoms with Crippen LogP contribution in [0.3, 0.4) is 0 Å². The lowest BCUT2D eigenvalue weighted by molar-refractivity contribution is 1.49. The van der Waals surface area contributed by atoms with Crippen LogP contribution >= 0.6 is 29.8 Å². The minimum Gasteiger partial charge on any atom is -0.181 e. The van der Waals surface area contributed by atoms with Crippen molar-refractivity contribution in [3.63, 3.8) is 0 Å². The molecule has 0 rings (SSSR count). The first-order valence-corrected chi connectivity index (χ1v) is 3.74. The molecule has 5 heteroatoms. The Morgan fingerprint density at radius 1 is 1.14 bits per heavy atom. The molecule has 0 aromatic rings. The first-order valence-electron chi connectivity index (χ1n) is 1.04. The fraction of sp³-hybridized carbons (Fsp3) is 0. The summed E-state index contributed by atoms with van der Waals surface area (Å²) in [5.41, 5.74) is 0. The zero-order valence-corrected chi connectivity index (χ0v) is 5.50. The first kappa shape index (κ1) is 10.1. The molecule has 0 atom stereocenters. The average molecular weight is 154 g/mol. The van der Waals surface area contributed by atoms with E-state index in [0.29, 0.717) is 7.29 Å². The standard InChI is InChI=1S/C2N2.Cl2P/c3-1-2-4;1-3-2. The monoisotopic (exact) mass is 153 g/mol. The number of rotatable bonds is 0. The summed E-state index contributed by atoms with van der Waals surface area (Å²) < 4.78 is 0. The summed E-state index contributed by atoms with van der Waals surface area (Å²) in [4.78, 5) is 0. The van der Waals surface area contributed by atoms with Crippen molar-refractivity contribution in [3.8, 4) is 12.1 Å². The second-order valence-electron chi connectivity index (χ2n) is 0.287. The van der Waals surface area contributed by atoms with Crippen molar-refractivity contribution in [2.45, 2.75) is 0 Å². The molecule has 0 aliphatic carbocycles. The van der Waals surface area contributed by atoms with E-state index in [-0.39, 0.29) is 0 Å². The molecule has 7 heavy (non-hydrogen) atoms. The fourth-order valence-corrected chi connectivity index (χ4v) is 0. The van der Waals surface area contributed by atoms with Gasteiger partial charge >= 0.3 is 0 Å². The molecule has 0 saturated carbocycles. The number of halogens is 2. The summed E-state index contributed by atoms with van der Waals surface area (Å²) in [6.45, 7) is 0. The van der Waals surface area contributed by atoms with Gasteiger partial charge in [-0.15, -0.1) is 0 Å². The van der Waals surface area contributed by atoms with Crippen LogP contribution in [0.2, 0.25) is 0 Å². The summed E-state index contributed by atoms with van der Waals surface area (Å²) in [7, 11) is 0.361. The van der Waals surface area contributed by atoms with E-state index in [9.17, 15) is 0 Å². The highest BCUT2D eigenvalue weighted by molar-refractivity contribution is 7.90. The molecule has 0 fully saturated rings. The molecule has 37 valence electrons. The average Bonchev–Trinajstić information content (AvgIpc) is 1.69. The van der Waals surface area contributed by atoms with Gasteiger partial charge in [0.05, 0.1) is 0 Å². The molecule has 0 bridgehead atoms. The summed E-state index contributed by atoms with van der Waals surface area (Å²) in [5.74, 6) is 0. The Kier molecular flexibility index (Phi) is 24.0. The molecule has 0 heterocycles. The van der Waals surface area contributed by atoms with E-state index in [2.05, 4.69) is 0 Å². The van der Waals surface area contributed by atoms with Gasteiger partial charge in [0.15, 0.2) is 12.1 Å². The molecule has 2 nitrogen and oxygen atoms in total. The van der Waals surface area contributed by atoms with Gasteiger partial charge in [0.25, 0.3) is 0 Å². The molecule has 0 spiro atoms. The Balaban J connectivity index is 0. The number of nitriles is 2. The van der Waals surface area contributed by atoms with Gasteiger partial charge < -0.3 is 0 Å². The van der Waals surface area contributed by atoms with Crippen LogP contribution in [0.15, 0.2) is 0 Å². The van der Waals surface area contributed by atoms with E-state index in [0.717, 1.165) is 0 Å². The normalized spacial score (nSPS) is 4.00. The van der Waals surface area contributed by atoms with Gasteiger partial charge in [0.2, 0.25) is 0 Å². The van der Waals surface area contributed by atoms with Crippen LogP contribution < -0.4 is 0 Å². The molecule has 0 unspecified atom stereocenters. The summed E-state index contributed by atoms with van der Waals surface area (Å²) in [5, 5.41) is 14.5. The SMILES string of the molecule is Cl[P]Cl.N#CC#N. The van der Waals surface area contributed by atoms with Gasteiger partial charge in [-0.1, -0.05) is 22.5 Å². The van der Waals surface area contributed by atoms with Gasteiger partial charge in [0.1, 0.15) is 7.29 Å². The number of nitrogens with zero attached hydrogens (tertiary/aromatic N) is 2. The third kappa shape index (κ3) is 97.3. The van der Waals surface area contributed by atoms with E-state index in [4.69, 9.17) is 33.0 Å². The Bertz CT molecular complexity index is 78.8. The molecule has 0 aliphatic rings. The highest BCUT2D eigenvalue weighted by Gasteiger charge is 1.45. The second-order valence-corrected chi connectivity index (χ2v) is 1.95. The van der Waals surface area contributed by atoms with Gasteiger partial charge in [-0.2, -0.15) is 10.5 Å². The van der Waals surface area contributed by atoms with Gasteiger partial charge in [-0.05, 0) is 0 Å². The van der Waals surface area contributed by atoms with Crippen molar-refractivity contribution < 1.29 is 0 Å². The molecule has 0 aliphatic heterocycles. The van der Waals surface area contributed by atoms with Crippen LogP contribution in [0.5, 0.6) is 0 Å². The zero-order chi connectivity index (χ0) is 6.12. The Labute approximate surface area is 53.0 Å². The van der Waals surface area contributed by atoms with Crippen molar-refractivity contribution in [1.29, 1.82) is 10.5 Å². The van der Waals surface area contributed by atoms with Gasteiger partial charge in [-0.25, -0.2) is 0 Å². The molecular formula is C2Cl2N2P. The van der Waals surface area contributed by atoms with E-state index in [1.165, 1.54) is 12.1 Å². The lowest BCUT2D eigenvalue weighted by Crippen LogP contribution is -1.26. The Hall–Kier alpha value is -0.01000. The fourth-order valence-electron chi connectivity index (χ4n) is 0. The van der Waals surface area contributed by atoms with E-state index >= 15 is 0 Å². The Morgan fingerprint density at radius 3 is 1.29 bits per heavy atom. The van der Waals surface area contributed by atoms with Gasteiger partial charge in [0, 0.05) is 0 Å². The highest BCUT2D eigenvalue weighted by Crippen LogP contribution is 2.19. The predicted molar refractivity (Wildman–Crippen MR) is 29.9 cm³/mol. The van der Waals surface area contributed by atoms with Crippen molar-refractivity contribution >= 4 is 29.8 Å². The topological polar surface area (TPSA) is 47.6 Å². The minimum atomic E-state index is 0.361. The molecule has 0 saturated heterocycles. The maximum absolute atomic E-state index is 7.26. The van der Waals surface area contributed by atoms with Crippen LogP contribution in [-0.2, 0) is 0 Å². The molecular weight excluding hydrogens is 154 g/mol. The van der Waals surface area contributed by atoms with Crippen LogP contribution in [-0.4, -0.2) is 0 Å². The predicted octanol–water partition coefficient (Wildman–Crippen LogP) is 2.27. The lowest BCUT2D eigenvalue weighted by Gasteiger charge is -1.38. The van der Waals surface area contributed by atoms with E-state index in [1.807, 2.05) is 0 Å². The minimum absolute atomic E-state index is 0.361. The van der Waals surface area contributed by atoms with E-state index in [1.54, 1.807) is 0 Å². The van der Waals surface area contributed by atoms with Crippen LogP contribution in [0.4, 0.5) is 0 Å². The maximum atomic E-state index is 7.26. The van der Waals surface area contributed by atoms with Crippen molar-refractivity contribution in [2.75, 3.05) is 0 Å². The third-order valence-corrected chi connectivity index (χ3v) is 0.0500. The first-order chi connectivity index (χ1) is 3.33. The number of hydrogen-bond donors (Lipinski definition) is 0. The molecule has 0 aromatic carbocycles. The van der Waals surface area contributed by atoms with Crippen LogP contribution in [0.1, 0.15) is 0 Å². The van der Waals surface area contributed by atoms with Gasteiger partial charge in [-0.3, -0.25) is 0 Å². The van der Waals surface area contributed by atoms with Crippen LogP contribution in [0.25, 0.3) is 0 Å². The zero-order valence-electron chi connectivity index (χ0n) is 3.10. The van der Waals surface area contributed by atoms with E-state index < -0.39 is 0 Å². The third-order valence-electron chi connectivity index (χ3n) is 0.0500. The second kappa shape index (κ2) is 16.7.